The van der Waals surface area contributed by atoms with E-state index in [2.05, 4.69) is 5.32 Å². The van der Waals surface area contributed by atoms with Crippen LogP contribution in [0.5, 0.6) is 0 Å². The van der Waals surface area contributed by atoms with Gasteiger partial charge in [-0.3, -0.25) is 4.79 Å². The van der Waals surface area contributed by atoms with Gasteiger partial charge in [-0.1, -0.05) is 17.7 Å². The number of carbonyl (C=O) groups is 2. The van der Waals surface area contributed by atoms with Crippen LogP contribution in [0.15, 0.2) is 47.4 Å². The zero-order valence-electron chi connectivity index (χ0n) is 16.0. The summed E-state index contributed by atoms with van der Waals surface area (Å²) < 4.78 is 32.0. The molecule has 0 saturated carbocycles. The monoisotopic (exact) mass is 436 g/mol. The van der Waals surface area contributed by atoms with Gasteiger partial charge in [-0.25, -0.2) is 13.2 Å². The van der Waals surface area contributed by atoms with Crippen molar-refractivity contribution in [3.8, 4) is 0 Å². The molecule has 154 valence electrons. The second kappa shape index (κ2) is 8.52. The van der Waals surface area contributed by atoms with E-state index in [9.17, 15) is 18.0 Å². The average Bonchev–Trinajstić information content (AvgIpc) is 3.20. The van der Waals surface area contributed by atoms with Gasteiger partial charge in [-0.05, 0) is 61.7 Å². The Labute approximate surface area is 174 Å². The highest BCUT2D eigenvalue weighted by atomic mass is 35.5. The normalized spacial score (nSPS) is 17.1. The van der Waals surface area contributed by atoms with Crippen molar-refractivity contribution in [2.75, 3.05) is 19.0 Å². The summed E-state index contributed by atoms with van der Waals surface area (Å²) >= 11 is 5.85. The minimum Gasteiger partial charge on any atom is -0.465 e. The van der Waals surface area contributed by atoms with E-state index in [1.807, 2.05) is 0 Å². The number of ether oxygens (including phenoxy) is 1. The Morgan fingerprint density at radius 3 is 2.52 bits per heavy atom. The van der Waals surface area contributed by atoms with E-state index >= 15 is 0 Å². The van der Waals surface area contributed by atoms with Gasteiger partial charge in [0, 0.05) is 17.3 Å². The largest absolute Gasteiger partial charge is 0.465 e. The zero-order valence-corrected chi connectivity index (χ0v) is 17.6. The molecule has 0 aromatic heterocycles. The van der Waals surface area contributed by atoms with E-state index in [-0.39, 0.29) is 11.4 Å². The van der Waals surface area contributed by atoms with Crippen LogP contribution in [0.4, 0.5) is 5.69 Å². The van der Waals surface area contributed by atoms with Crippen molar-refractivity contribution >= 4 is 39.2 Å². The van der Waals surface area contributed by atoms with Crippen molar-refractivity contribution in [2.45, 2.75) is 30.7 Å². The molecule has 2 aromatic rings. The van der Waals surface area contributed by atoms with Crippen LogP contribution in [0.1, 0.15) is 28.8 Å². The van der Waals surface area contributed by atoms with Crippen molar-refractivity contribution < 1.29 is 22.7 Å². The number of carbonyl (C=O) groups excluding carboxylic acids is 2. The third kappa shape index (κ3) is 4.29. The Kier molecular flexibility index (Phi) is 6.26. The molecule has 29 heavy (non-hydrogen) atoms. The number of benzene rings is 2. The Balaban J connectivity index is 1.84. The molecule has 1 heterocycles. The Bertz CT molecular complexity index is 1040. The lowest BCUT2D eigenvalue weighted by molar-refractivity contribution is -0.119. The molecule has 3 rings (SSSR count). The highest BCUT2D eigenvalue weighted by Crippen LogP contribution is 2.28. The van der Waals surface area contributed by atoms with Gasteiger partial charge in [-0.2, -0.15) is 4.31 Å². The first-order valence-corrected chi connectivity index (χ1v) is 10.8. The minimum absolute atomic E-state index is 0.0884. The molecule has 1 amide bonds. The number of methoxy groups -OCH3 is 1. The highest BCUT2D eigenvalue weighted by molar-refractivity contribution is 7.89. The van der Waals surface area contributed by atoms with Crippen molar-refractivity contribution in [3.63, 3.8) is 0 Å². The molecule has 1 atom stereocenters. The second-order valence-corrected chi connectivity index (χ2v) is 9.01. The summed E-state index contributed by atoms with van der Waals surface area (Å²) in [6, 6.07) is 9.91. The molecular formula is C20H21ClN2O5S. The number of rotatable bonds is 5. The number of nitrogens with one attached hydrogen (secondary N) is 1. The number of sulfonamides is 1. The van der Waals surface area contributed by atoms with Crippen molar-refractivity contribution in [3.05, 3.63) is 58.6 Å². The van der Waals surface area contributed by atoms with Crippen LogP contribution >= 0.6 is 11.6 Å². The fourth-order valence-electron chi connectivity index (χ4n) is 3.35. The van der Waals surface area contributed by atoms with Crippen molar-refractivity contribution in [2.24, 2.45) is 0 Å². The number of amides is 1. The maximum Gasteiger partial charge on any atom is 0.338 e. The third-order valence-corrected chi connectivity index (χ3v) is 7.10. The number of nitrogens with zero attached hydrogens (tertiary/aromatic N) is 1. The molecule has 0 bridgehead atoms. The van der Waals surface area contributed by atoms with Crippen molar-refractivity contribution in [1.82, 2.24) is 4.31 Å². The lowest BCUT2D eigenvalue weighted by atomic mass is 10.1. The van der Waals surface area contributed by atoms with Gasteiger partial charge in [0.25, 0.3) is 0 Å². The van der Waals surface area contributed by atoms with E-state index in [0.717, 1.165) is 0 Å². The third-order valence-electron chi connectivity index (χ3n) is 4.92. The molecule has 1 saturated heterocycles. The number of anilines is 1. The topological polar surface area (TPSA) is 92.8 Å². The van der Waals surface area contributed by atoms with Gasteiger partial charge in [0.1, 0.15) is 6.04 Å². The molecule has 9 heteroatoms. The number of hydrogen-bond acceptors (Lipinski definition) is 5. The zero-order chi connectivity index (χ0) is 21.2. The summed E-state index contributed by atoms with van der Waals surface area (Å²) in [6.45, 7) is 1.95. The molecule has 1 N–H and O–H groups in total. The van der Waals surface area contributed by atoms with E-state index < -0.39 is 27.9 Å². The smallest absolute Gasteiger partial charge is 0.338 e. The summed E-state index contributed by atoms with van der Waals surface area (Å²) in [5, 5.41) is 3.19. The average molecular weight is 437 g/mol. The van der Waals surface area contributed by atoms with Crippen molar-refractivity contribution in [1.29, 1.82) is 0 Å². The van der Waals surface area contributed by atoms with E-state index in [0.29, 0.717) is 34.7 Å². The number of hydrogen-bond donors (Lipinski definition) is 1. The van der Waals surface area contributed by atoms with Crippen LogP contribution in [0.3, 0.4) is 0 Å². The molecule has 0 radical (unpaired) electrons. The van der Waals surface area contributed by atoms with Crippen LogP contribution in [0.25, 0.3) is 0 Å². The standard InChI is InChI=1S/C20H21ClN2O5S/c1-13-16(20(25)28-2)5-3-6-17(13)22-19(24)18-7-4-12-23(18)29(26,27)15-10-8-14(21)9-11-15/h3,5-6,8-11,18H,4,7,12H2,1-2H3,(H,22,24). The number of halogens is 1. The maximum absolute atomic E-state index is 13.0. The van der Waals surface area contributed by atoms with Crippen LogP contribution in [-0.2, 0) is 19.6 Å². The first-order valence-electron chi connectivity index (χ1n) is 9.02. The Morgan fingerprint density at radius 2 is 1.86 bits per heavy atom. The van der Waals surface area contributed by atoms with E-state index in [4.69, 9.17) is 16.3 Å². The fourth-order valence-corrected chi connectivity index (χ4v) is 5.13. The molecule has 1 aliphatic rings. The lowest BCUT2D eigenvalue weighted by Gasteiger charge is -2.24. The van der Waals surface area contributed by atoms with Crippen LogP contribution in [0, 0.1) is 6.92 Å². The van der Waals surface area contributed by atoms with E-state index in [1.54, 1.807) is 25.1 Å². The summed E-state index contributed by atoms with van der Waals surface area (Å²) in [4.78, 5) is 24.9. The predicted octanol–water partition coefficient (Wildman–Crippen LogP) is 3.23. The molecule has 2 aromatic carbocycles. The first kappa shape index (κ1) is 21.3. The van der Waals surface area contributed by atoms with Gasteiger partial charge in [0.15, 0.2) is 0 Å². The molecule has 0 aliphatic carbocycles. The summed E-state index contributed by atoms with van der Waals surface area (Å²) in [7, 11) is -2.56. The Morgan fingerprint density at radius 1 is 1.17 bits per heavy atom. The molecule has 7 nitrogen and oxygen atoms in total. The van der Waals surface area contributed by atoms with E-state index in [1.165, 1.54) is 35.7 Å². The van der Waals surface area contributed by atoms with Crippen LogP contribution in [0.2, 0.25) is 5.02 Å². The van der Waals surface area contributed by atoms with Gasteiger partial charge in [0.2, 0.25) is 15.9 Å². The SMILES string of the molecule is COC(=O)c1cccc(NC(=O)C2CCCN2S(=O)(=O)c2ccc(Cl)cc2)c1C. The molecule has 0 spiro atoms. The molecule has 1 fully saturated rings. The van der Waals surface area contributed by atoms with Gasteiger partial charge in [0.05, 0.1) is 17.6 Å². The van der Waals surface area contributed by atoms with Crippen LogP contribution < -0.4 is 5.32 Å². The summed E-state index contributed by atoms with van der Waals surface area (Å²) in [6.07, 6.45) is 0.987. The van der Waals surface area contributed by atoms with Gasteiger partial charge < -0.3 is 10.1 Å². The van der Waals surface area contributed by atoms with Crippen LogP contribution in [-0.4, -0.2) is 44.3 Å². The summed E-state index contributed by atoms with van der Waals surface area (Å²) in [5.41, 5.74) is 1.33. The van der Waals surface area contributed by atoms with Gasteiger partial charge in [-0.15, -0.1) is 0 Å². The molecule has 1 unspecified atom stereocenters. The fraction of sp³-hybridized carbons (Fsp3) is 0.300. The summed E-state index contributed by atoms with van der Waals surface area (Å²) in [5.74, 6) is -0.948. The maximum atomic E-state index is 13.0. The lowest BCUT2D eigenvalue weighted by Crippen LogP contribution is -2.43. The van der Waals surface area contributed by atoms with Gasteiger partial charge >= 0.3 is 5.97 Å². The quantitative estimate of drug-likeness (QED) is 0.726. The Hall–Kier alpha value is -2.42. The minimum atomic E-state index is -3.84. The highest BCUT2D eigenvalue weighted by Gasteiger charge is 2.39. The molecule has 1 aliphatic heterocycles. The predicted molar refractivity (Wildman–Crippen MR) is 110 cm³/mol. The first-order chi connectivity index (χ1) is 13.8. The second-order valence-electron chi connectivity index (χ2n) is 6.69. The number of esters is 1. The molecular weight excluding hydrogens is 416 g/mol.